The fourth-order valence-electron chi connectivity index (χ4n) is 1.44. The van der Waals surface area contributed by atoms with Gasteiger partial charge in [0.2, 0.25) is 0 Å². The Labute approximate surface area is 115 Å². The van der Waals surface area contributed by atoms with Crippen molar-refractivity contribution in [3.8, 4) is 0 Å². The first kappa shape index (κ1) is 13.7. The molecule has 0 spiro atoms. The number of hydrogen-bond acceptors (Lipinski definition) is 3. The molecule has 7 heteroatoms. The maximum absolute atomic E-state index is 12.6. The number of aromatic nitrogens is 1. The number of hydrogen-bond donors (Lipinski definition) is 2. The van der Waals surface area contributed by atoms with Gasteiger partial charge in [-0.1, -0.05) is 12.1 Å². The third kappa shape index (κ3) is 3.17. The lowest BCUT2D eigenvalue weighted by Crippen LogP contribution is -2.09. The van der Waals surface area contributed by atoms with Crippen molar-refractivity contribution < 1.29 is 13.2 Å². The third-order valence-corrected chi connectivity index (χ3v) is 3.06. The minimum atomic E-state index is -4.50. The first-order valence-corrected chi connectivity index (χ1v) is 6.01. The van der Waals surface area contributed by atoms with Gasteiger partial charge >= 0.3 is 6.18 Å². The molecule has 0 unspecified atom stereocenters. The molecule has 1 aromatic carbocycles. The van der Waals surface area contributed by atoms with E-state index in [4.69, 9.17) is 5.73 Å². The van der Waals surface area contributed by atoms with Crippen LogP contribution in [-0.4, -0.2) is 4.98 Å². The number of anilines is 3. The minimum absolute atomic E-state index is 0.142. The maximum Gasteiger partial charge on any atom is 0.433 e. The van der Waals surface area contributed by atoms with Gasteiger partial charge in [-0.15, -0.1) is 0 Å². The summed E-state index contributed by atoms with van der Waals surface area (Å²) in [5, 5.41) is 2.84. The average Bonchev–Trinajstić information content (AvgIpc) is 2.33. The highest BCUT2D eigenvalue weighted by Gasteiger charge is 2.33. The Kier molecular flexibility index (Phi) is 3.66. The Balaban J connectivity index is 2.38. The summed E-state index contributed by atoms with van der Waals surface area (Å²) in [7, 11) is 0. The molecular weight excluding hydrogens is 323 g/mol. The Bertz CT molecular complexity index is 599. The molecule has 1 heterocycles. The third-order valence-electron chi connectivity index (χ3n) is 2.37. The smallest absolute Gasteiger partial charge is 0.396 e. The predicted octanol–water partition coefficient (Wildman–Crippen LogP) is 4.19. The summed E-state index contributed by atoms with van der Waals surface area (Å²) < 4.78 is 38.5. The second-order valence-corrected chi connectivity index (χ2v) is 4.61. The maximum atomic E-state index is 12.6. The number of rotatable bonds is 2. The zero-order chi connectivity index (χ0) is 14.0. The van der Waals surface area contributed by atoms with Crippen LogP contribution in [0.3, 0.4) is 0 Å². The van der Waals surface area contributed by atoms with Crippen LogP contribution in [0.4, 0.5) is 30.2 Å². The lowest BCUT2D eigenvalue weighted by atomic mass is 10.2. The number of nitrogens with zero attached hydrogens (tertiary/aromatic N) is 1. The van der Waals surface area contributed by atoms with Gasteiger partial charge in [0.25, 0.3) is 0 Å². The molecule has 0 radical (unpaired) electrons. The van der Waals surface area contributed by atoms with Crippen LogP contribution < -0.4 is 11.1 Å². The van der Waals surface area contributed by atoms with Crippen molar-refractivity contribution in [3.63, 3.8) is 0 Å². The van der Waals surface area contributed by atoms with E-state index in [1.165, 1.54) is 0 Å². The molecule has 0 aliphatic rings. The summed E-state index contributed by atoms with van der Waals surface area (Å²) in [6.07, 6.45) is -3.51. The molecule has 0 aliphatic heterocycles. The zero-order valence-electron chi connectivity index (χ0n) is 9.50. The molecule has 0 saturated carbocycles. The Morgan fingerprint density at radius 2 is 1.84 bits per heavy atom. The molecule has 3 N–H and O–H groups in total. The molecule has 2 rings (SSSR count). The van der Waals surface area contributed by atoms with E-state index in [0.717, 1.165) is 16.7 Å². The first-order chi connectivity index (χ1) is 8.88. The van der Waals surface area contributed by atoms with Crippen LogP contribution >= 0.6 is 15.9 Å². The molecule has 0 saturated heterocycles. The molecule has 100 valence electrons. The van der Waals surface area contributed by atoms with Crippen LogP contribution in [-0.2, 0) is 6.18 Å². The number of benzene rings is 1. The van der Waals surface area contributed by atoms with Crippen LogP contribution in [0.2, 0.25) is 0 Å². The van der Waals surface area contributed by atoms with Crippen molar-refractivity contribution in [1.29, 1.82) is 0 Å². The van der Waals surface area contributed by atoms with Gasteiger partial charge in [-0.2, -0.15) is 13.2 Å². The molecule has 1 aromatic heterocycles. The fourth-order valence-corrected chi connectivity index (χ4v) is 1.82. The van der Waals surface area contributed by atoms with Crippen molar-refractivity contribution in [3.05, 3.63) is 46.7 Å². The number of nitrogens with two attached hydrogens (primary N) is 1. The largest absolute Gasteiger partial charge is 0.433 e. The van der Waals surface area contributed by atoms with Crippen LogP contribution in [0.1, 0.15) is 5.69 Å². The van der Waals surface area contributed by atoms with Gasteiger partial charge in [0.1, 0.15) is 5.69 Å². The minimum Gasteiger partial charge on any atom is -0.396 e. The van der Waals surface area contributed by atoms with Crippen molar-refractivity contribution in [2.24, 2.45) is 0 Å². The van der Waals surface area contributed by atoms with E-state index >= 15 is 0 Å². The Morgan fingerprint density at radius 3 is 2.47 bits per heavy atom. The summed E-state index contributed by atoms with van der Waals surface area (Å²) in [6, 6.07) is 7.93. The number of pyridine rings is 1. The van der Waals surface area contributed by atoms with Crippen LogP contribution in [0.5, 0.6) is 0 Å². The van der Waals surface area contributed by atoms with E-state index in [-0.39, 0.29) is 11.4 Å². The molecule has 0 fully saturated rings. The van der Waals surface area contributed by atoms with Crippen molar-refractivity contribution in [1.82, 2.24) is 4.98 Å². The van der Waals surface area contributed by atoms with E-state index in [9.17, 15) is 13.2 Å². The second-order valence-electron chi connectivity index (χ2n) is 3.76. The van der Waals surface area contributed by atoms with Gasteiger partial charge in [-0.3, -0.25) is 0 Å². The van der Waals surface area contributed by atoms with Crippen molar-refractivity contribution >= 4 is 33.0 Å². The monoisotopic (exact) mass is 331 g/mol. The summed E-state index contributed by atoms with van der Waals surface area (Å²) in [4.78, 5) is 3.27. The van der Waals surface area contributed by atoms with Crippen molar-refractivity contribution in [2.45, 2.75) is 6.18 Å². The van der Waals surface area contributed by atoms with Gasteiger partial charge < -0.3 is 11.1 Å². The lowest BCUT2D eigenvalue weighted by Gasteiger charge is -2.13. The number of nitrogens with one attached hydrogen (secondary N) is 1. The average molecular weight is 332 g/mol. The standard InChI is InChI=1S/C12H9BrF3N3/c13-7-3-1-2-4-9(7)19-10-5-11(12(14,15)16)18-6-8(10)17/h1-6H,17H2,(H,18,19). The van der Waals surface area contributed by atoms with Gasteiger partial charge in [-0.05, 0) is 34.1 Å². The highest BCUT2D eigenvalue weighted by atomic mass is 79.9. The van der Waals surface area contributed by atoms with Gasteiger partial charge in [0, 0.05) is 4.47 Å². The van der Waals surface area contributed by atoms with Crippen LogP contribution in [0.15, 0.2) is 41.0 Å². The molecule has 0 atom stereocenters. The molecule has 2 aromatic rings. The number of halogens is 4. The number of nitrogen functional groups attached to an aromatic ring is 1. The Hall–Kier alpha value is -1.76. The molecule has 19 heavy (non-hydrogen) atoms. The van der Waals surface area contributed by atoms with E-state index in [1.54, 1.807) is 24.3 Å². The topological polar surface area (TPSA) is 50.9 Å². The number of alkyl halides is 3. The van der Waals surface area contributed by atoms with Crippen LogP contribution in [0.25, 0.3) is 0 Å². The van der Waals surface area contributed by atoms with Gasteiger partial charge in [0.05, 0.1) is 23.3 Å². The fraction of sp³-hybridized carbons (Fsp3) is 0.0833. The summed E-state index contributed by atoms with van der Waals surface area (Å²) in [5.74, 6) is 0. The Morgan fingerprint density at radius 1 is 1.16 bits per heavy atom. The zero-order valence-corrected chi connectivity index (χ0v) is 11.1. The lowest BCUT2D eigenvalue weighted by molar-refractivity contribution is -0.141. The molecule has 0 bridgehead atoms. The van der Waals surface area contributed by atoms with Gasteiger partial charge in [-0.25, -0.2) is 4.98 Å². The number of para-hydroxylation sites is 1. The van der Waals surface area contributed by atoms with Crippen molar-refractivity contribution in [2.75, 3.05) is 11.1 Å². The quantitative estimate of drug-likeness (QED) is 0.867. The summed E-state index contributed by atoms with van der Waals surface area (Å²) in [6.45, 7) is 0. The van der Waals surface area contributed by atoms with Gasteiger partial charge in [0.15, 0.2) is 0 Å². The SMILES string of the molecule is Nc1cnc(C(F)(F)F)cc1Nc1ccccc1Br. The molecule has 0 amide bonds. The first-order valence-electron chi connectivity index (χ1n) is 5.22. The van der Waals surface area contributed by atoms with E-state index < -0.39 is 11.9 Å². The predicted molar refractivity (Wildman–Crippen MR) is 71.1 cm³/mol. The van der Waals surface area contributed by atoms with E-state index in [0.29, 0.717) is 5.69 Å². The summed E-state index contributed by atoms with van der Waals surface area (Å²) >= 11 is 3.30. The summed E-state index contributed by atoms with van der Waals surface area (Å²) in [5.41, 5.74) is 5.56. The second kappa shape index (κ2) is 5.08. The van der Waals surface area contributed by atoms with Crippen LogP contribution in [0, 0.1) is 0 Å². The van der Waals surface area contributed by atoms with E-state index in [2.05, 4.69) is 26.2 Å². The molecule has 3 nitrogen and oxygen atoms in total. The highest BCUT2D eigenvalue weighted by Crippen LogP contribution is 2.33. The molecule has 0 aliphatic carbocycles. The highest BCUT2D eigenvalue weighted by molar-refractivity contribution is 9.10. The molecular formula is C12H9BrF3N3. The normalized spacial score (nSPS) is 11.4. The van der Waals surface area contributed by atoms with E-state index in [1.807, 2.05) is 0 Å².